The maximum Gasteiger partial charge on any atom is 0.272 e. The molecule has 0 aliphatic rings. The molecule has 3 aromatic rings. The number of aromatic nitrogens is 1. The summed E-state index contributed by atoms with van der Waals surface area (Å²) in [4.78, 5) is 15.7. The summed E-state index contributed by atoms with van der Waals surface area (Å²) in [5.74, 6) is 0.464. The van der Waals surface area contributed by atoms with E-state index >= 15 is 0 Å². The Bertz CT molecular complexity index is 903. The van der Waals surface area contributed by atoms with Crippen LogP contribution in [-0.2, 0) is 0 Å². The number of amides is 1. The molecular weight excluding hydrogens is 335 g/mol. The van der Waals surface area contributed by atoms with E-state index < -0.39 is 0 Å². The second kappa shape index (κ2) is 6.14. The van der Waals surface area contributed by atoms with Gasteiger partial charge in [-0.2, -0.15) is 0 Å². The van der Waals surface area contributed by atoms with Gasteiger partial charge in [0.25, 0.3) is 5.91 Å². The van der Waals surface area contributed by atoms with Gasteiger partial charge in [0.2, 0.25) is 0 Å². The van der Waals surface area contributed by atoms with Gasteiger partial charge in [-0.05, 0) is 42.8 Å². The lowest BCUT2D eigenvalue weighted by Crippen LogP contribution is -2.13. The number of H-pyrrole nitrogens is 1. The monoisotopic (exact) mass is 348 g/mol. The number of methoxy groups -OCH3 is 1. The number of carbonyl (C=O) groups is 1. The molecule has 2 N–H and O–H groups in total. The highest BCUT2D eigenvalue weighted by atomic mass is 35.5. The first-order valence-electron chi connectivity index (χ1n) is 6.93. The third kappa shape index (κ3) is 2.87. The summed E-state index contributed by atoms with van der Waals surface area (Å²) in [5, 5.41) is 4.43. The molecule has 0 fully saturated rings. The summed E-state index contributed by atoms with van der Waals surface area (Å²) in [6.45, 7) is 1.88. The molecule has 6 heteroatoms. The van der Waals surface area contributed by atoms with Crippen LogP contribution in [0, 0.1) is 6.92 Å². The average molecular weight is 349 g/mol. The second-order valence-corrected chi connectivity index (χ2v) is 5.88. The SMILES string of the molecule is COc1ccc2[nH]c(C(=O)Nc3cccc(Cl)c3Cl)c(C)c2c1. The smallest absolute Gasteiger partial charge is 0.272 e. The van der Waals surface area contributed by atoms with Crippen molar-refractivity contribution in [1.29, 1.82) is 0 Å². The first-order valence-corrected chi connectivity index (χ1v) is 7.68. The lowest BCUT2D eigenvalue weighted by atomic mass is 10.1. The minimum atomic E-state index is -0.276. The molecule has 0 atom stereocenters. The number of aryl methyl sites for hydroxylation is 1. The Morgan fingerprint density at radius 2 is 2.00 bits per heavy atom. The van der Waals surface area contributed by atoms with Gasteiger partial charge in [0, 0.05) is 10.9 Å². The van der Waals surface area contributed by atoms with Crippen molar-refractivity contribution in [1.82, 2.24) is 4.98 Å². The highest BCUT2D eigenvalue weighted by molar-refractivity contribution is 6.44. The summed E-state index contributed by atoms with van der Waals surface area (Å²) < 4.78 is 5.23. The first-order chi connectivity index (χ1) is 11.0. The van der Waals surface area contributed by atoms with E-state index in [4.69, 9.17) is 27.9 Å². The largest absolute Gasteiger partial charge is 0.497 e. The van der Waals surface area contributed by atoms with Gasteiger partial charge in [0.05, 0.1) is 22.8 Å². The summed E-state index contributed by atoms with van der Waals surface area (Å²) in [5.41, 5.74) is 2.66. The Kier molecular flexibility index (Phi) is 4.20. The van der Waals surface area contributed by atoms with Crippen molar-refractivity contribution in [3.8, 4) is 5.75 Å². The zero-order valence-corrected chi connectivity index (χ0v) is 14.0. The van der Waals surface area contributed by atoms with Crippen molar-refractivity contribution < 1.29 is 9.53 Å². The predicted octanol–water partition coefficient (Wildman–Crippen LogP) is 5.04. The number of aromatic amines is 1. The number of nitrogens with one attached hydrogen (secondary N) is 2. The molecule has 1 aromatic heterocycles. The van der Waals surface area contributed by atoms with Crippen LogP contribution in [0.15, 0.2) is 36.4 Å². The minimum Gasteiger partial charge on any atom is -0.497 e. The van der Waals surface area contributed by atoms with E-state index in [0.717, 1.165) is 22.2 Å². The standard InChI is InChI=1S/C17H14Cl2N2O2/c1-9-11-8-10(23-2)6-7-13(11)20-16(9)17(22)21-14-5-3-4-12(18)15(14)19/h3-8,20H,1-2H3,(H,21,22). The zero-order chi connectivity index (χ0) is 16.6. The maximum absolute atomic E-state index is 12.5. The van der Waals surface area contributed by atoms with E-state index in [9.17, 15) is 4.79 Å². The number of fused-ring (bicyclic) bond motifs is 1. The van der Waals surface area contributed by atoms with Crippen LogP contribution in [-0.4, -0.2) is 18.0 Å². The highest BCUT2D eigenvalue weighted by Gasteiger charge is 2.17. The number of anilines is 1. The molecule has 0 unspecified atom stereocenters. The number of carbonyl (C=O) groups excluding carboxylic acids is 1. The molecule has 1 amide bonds. The van der Waals surface area contributed by atoms with Crippen LogP contribution in [0.3, 0.4) is 0 Å². The summed E-state index contributed by atoms with van der Waals surface area (Å²) in [7, 11) is 1.61. The Hall–Kier alpha value is -2.17. The van der Waals surface area contributed by atoms with Crippen LogP contribution in [0.5, 0.6) is 5.75 Å². The van der Waals surface area contributed by atoms with Crippen molar-refractivity contribution in [2.45, 2.75) is 6.92 Å². The maximum atomic E-state index is 12.5. The molecule has 0 radical (unpaired) electrons. The quantitative estimate of drug-likeness (QED) is 0.696. The van der Waals surface area contributed by atoms with Crippen molar-refractivity contribution in [2.75, 3.05) is 12.4 Å². The molecule has 23 heavy (non-hydrogen) atoms. The number of ether oxygens (including phenoxy) is 1. The highest BCUT2D eigenvalue weighted by Crippen LogP contribution is 2.31. The van der Waals surface area contributed by atoms with Gasteiger partial charge in [0.1, 0.15) is 11.4 Å². The van der Waals surface area contributed by atoms with Crippen LogP contribution in [0.25, 0.3) is 10.9 Å². The number of rotatable bonds is 3. The first kappa shape index (κ1) is 15.7. The van der Waals surface area contributed by atoms with Crippen molar-refractivity contribution in [2.24, 2.45) is 0 Å². The van der Waals surface area contributed by atoms with Gasteiger partial charge < -0.3 is 15.0 Å². The summed E-state index contributed by atoms with van der Waals surface area (Å²) >= 11 is 12.1. The topological polar surface area (TPSA) is 54.1 Å². The summed E-state index contributed by atoms with van der Waals surface area (Å²) in [6.07, 6.45) is 0. The fourth-order valence-corrected chi connectivity index (χ4v) is 2.79. The predicted molar refractivity (Wildman–Crippen MR) is 94.0 cm³/mol. The molecule has 0 saturated carbocycles. The molecule has 4 nitrogen and oxygen atoms in total. The van der Waals surface area contributed by atoms with Crippen LogP contribution in [0.1, 0.15) is 16.1 Å². The number of halogens is 2. The fraction of sp³-hybridized carbons (Fsp3) is 0.118. The number of hydrogen-bond donors (Lipinski definition) is 2. The van der Waals surface area contributed by atoms with Crippen LogP contribution in [0.4, 0.5) is 5.69 Å². The Balaban J connectivity index is 1.98. The molecule has 2 aromatic carbocycles. The van der Waals surface area contributed by atoms with E-state index in [0.29, 0.717) is 21.4 Å². The molecule has 0 aliphatic heterocycles. The lowest BCUT2D eigenvalue weighted by molar-refractivity contribution is 0.102. The van der Waals surface area contributed by atoms with Gasteiger partial charge in [-0.1, -0.05) is 29.3 Å². The van der Waals surface area contributed by atoms with E-state index in [1.54, 1.807) is 25.3 Å². The van der Waals surface area contributed by atoms with Gasteiger partial charge >= 0.3 is 0 Å². The molecule has 0 bridgehead atoms. The second-order valence-electron chi connectivity index (χ2n) is 5.09. The molecule has 3 rings (SSSR count). The fourth-order valence-electron chi connectivity index (χ4n) is 2.44. The van der Waals surface area contributed by atoms with Crippen molar-refractivity contribution in [3.05, 3.63) is 57.7 Å². The molecule has 118 valence electrons. The van der Waals surface area contributed by atoms with E-state index in [1.807, 2.05) is 25.1 Å². The van der Waals surface area contributed by atoms with Crippen LogP contribution >= 0.6 is 23.2 Å². The molecule has 0 spiro atoms. The third-order valence-corrected chi connectivity index (χ3v) is 4.51. The molecule has 1 heterocycles. The average Bonchev–Trinajstić information content (AvgIpc) is 2.88. The normalized spacial score (nSPS) is 10.8. The Morgan fingerprint density at radius 3 is 2.74 bits per heavy atom. The van der Waals surface area contributed by atoms with Gasteiger partial charge in [0.15, 0.2) is 0 Å². The number of hydrogen-bond acceptors (Lipinski definition) is 2. The summed E-state index contributed by atoms with van der Waals surface area (Å²) in [6, 6.07) is 10.7. The van der Waals surface area contributed by atoms with Crippen molar-refractivity contribution >= 4 is 45.7 Å². The van der Waals surface area contributed by atoms with E-state index in [2.05, 4.69) is 10.3 Å². The van der Waals surface area contributed by atoms with Crippen LogP contribution in [0.2, 0.25) is 10.0 Å². The molecule has 0 aliphatic carbocycles. The molecule has 0 saturated heterocycles. The van der Waals surface area contributed by atoms with Crippen LogP contribution < -0.4 is 10.1 Å². The minimum absolute atomic E-state index is 0.276. The Morgan fingerprint density at radius 1 is 1.22 bits per heavy atom. The van der Waals surface area contributed by atoms with Gasteiger partial charge in [-0.3, -0.25) is 4.79 Å². The zero-order valence-electron chi connectivity index (χ0n) is 12.5. The van der Waals surface area contributed by atoms with Gasteiger partial charge in [-0.15, -0.1) is 0 Å². The number of benzene rings is 2. The third-order valence-electron chi connectivity index (χ3n) is 3.69. The van der Waals surface area contributed by atoms with E-state index in [1.165, 1.54) is 0 Å². The van der Waals surface area contributed by atoms with Gasteiger partial charge in [-0.25, -0.2) is 0 Å². The Labute approximate surface area is 143 Å². The van der Waals surface area contributed by atoms with E-state index in [-0.39, 0.29) is 5.91 Å². The van der Waals surface area contributed by atoms with Crippen molar-refractivity contribution in [3.63, 3.8) is 0 Å². The lowest BCUT2D eigenvalue weighted by Gasteiger charge is -2.07. The molecular formula is C17H14Cl2N2O2.